The molecule has 0 unspecified atom stereocenters. The van der Waals surface area contributed by atoms with E-state index >= 15 is 0 Å². The molecular formula is C26H44O9. The molecule has 0 saturated carbocycles. The summed E-state index contributed by atoms with van der Waals surface area (Å²) >= 11 is 0. The van der Waals surface area contributed by atoms with Crippen molar-refractivity contribution in [2.75, 3.05) is 86.4 Å². The molecule has 0 spiro atoms. The molecule has 9 nitrogen and oxygen atoms in total. The van der Waals surface area contributed by atoms with Crippen molar-refractivity contribution in [3.63, 3.8) is 0 Å². The Morgan fingerprint density at radius 1 is 0.629 bits per heavy atom. The van der Waals surface area contributed by atoms with E-state index in [0.29, 0.717) is 71.8 Å². The van der Waals surface area contributed by atoms with E-state index in [1.54, 1.807) is 7.11 Å². The van der Waals surface area contributed by atoms with Gasteiger partial charge in [0.25, 0.3) is 0 Å². The summed E-state index contributed by atoms with van der Waals surface area (Å²) in [6.45, 7) is 13.7. The van der Waals surface area contributed by atoms with Crippen molar-refractivity contribution in [1.29, 1.82) is 0 Å². The van der Waals surface area contributed by atoms with Crippen molar-refractivity contribution < 1.29 is 42.7 Å². The molecule has 0 aliphatic rings. The minimum Gasteiger partial charge on any atom is -0.432 e. The molecule has 0 aromatic heterocycles. The average molecular weight is 501 g/mol. The predicted octanol–water partition coefficient (Wildman–Crippen LogP) is 4.18. The van der Waals surface area contributed by atoms with Crippen LogP contribution in [0.1, 0.15) is 50.7 Å². The highest BCUT2D eigenvalue weighted by Crippen LogP contribution is 2.34. The Morgan fingerprint density at radius 3 is 1.37 bits per heavy atom. The van der Waals surface area contributed by atoms with Crippen LogP contribution in [-0.4, -0.2) is 92.5 Å². The zero-order valence-corrected chi connectivity index (χ0v) is 22.0. The van der Waals surface area contributed by atoms with Crippen LogP contribution in [-0.2, 0) is 33.2 Å². The van der Waals surface area contributed by atoms with Gasteiger partial charge in [-0.1, -0.05) is 45.9 Å². The molecule has 1 aromatic rings. The molecule has 0 N–H and O–H groups in total. The first-order chi connectivity index (χ1) is 17.0. The highest BCUT2D eigenvalue weighted by molar-refractivity contribution is 5.66. The normalized spacial score (nSPS) is 11.4. The Hall–Kier alpha value is -1.75. The fourth-order valence-corrected chi connectivity index (χ4v) is 3.02. The number of hydrogen-bond donors (Lipinski definition) is 0. The maximum atomic E-state index is 12.2. The standard InChI is InChI=1S/C26H44O9/c1-21(2)23-7-6-8-24(22(3)4)25(23)35-26(27)34-20-19-33-18-17-32-16-15-31-14-13-30-12-11-29-10-9-28-5/h6-8,21-22H,9-20H2,1-5H3. The fraction of sp³-hybridized carbons (Fsp3) is 0.731. The Labute approximate surface area is 210 Å². The number of carbonyl (C=O) groups excluding carboxylic acids is 1. The van der Waals surface area contributed by atoms with Gasteiger partial charge in [0.05, 0.1) is 72.7 Å². The molecule has 9 heteroatoms. The van der Waals surface area contributed by atoms with E-state index in [1.165, 1.54) is 0 Å². The number of carbonyl (C=O) groups is 1. The van der Waals surface area contributed by atoms with Gasteiger partial charge >= 0.3 is 6.16 Å². The van der Waals surface area contributed by atoms with Crippen molar-refractivity contribution in [2.45, 2.75) is 39.5 Å². The molecule has 0 atom stereocenters. The second-order valence-corrected chi connectivity index (χ2v) is 8.33. The molecule has 1 aromatic carbocycles. The average Bonchev–Trinajstić information content (AvgIpc) is 2.83. The summed E-state index contributed by atoms with van der Waals surface area (Å²) in [6, 6.07) is 5.94. The highest BCUT2D eigenvalue weighted by atomic mass is 16.7. The molecule has 0 bridgehead atoms. The highest BCUT2D eigenvalue weighted by Gasteiger charge is 2.18. The minimum absolute atomic E-state index is 0.111. The van der Waals surface area contributed by atoms with E-state index in [-0.39, 0.29) is 25.0 Å². The van der Waals surface area contributed by atoms with Crippen molar-refractivity contribution >= 4 is 6.16 Å². The van der Waals surface area contributed by atoms with Crippen LogP contribution < -0.4 is 4.74 Å². The predicted molar refractivity (Wildman–Crippen MR) is 133 cm³/mol. The molecule has 202 valence electrons. The van der Waals surface area contributed by atoms with Gasteiger partial charge in [-0.05, 0) is 23.0 Å². The molecule has 0 radical (unpaired) electrons. The van der Waals surface area contributed by atoms with Crippen LogP contribution in [0.25, 0.3) is 0 Å². The molecule has 0 fully saturated rings. The lowest BCUT2D eigenvalue weighted by molar-refractivity contribution is -0.0176. The lowest BCUT2D eigenvalue weighted by atomic mass is 9.94. The van der Waals surface area contributed by atoms with Gasteiger partial charge in [0, 0.05) is 7.11 Å². The zero-order chi connectivity index (χ0) is 25.7. The lowest BCUT2D eigenvalue weighted by Gasteiger charge is -2.18. The Bertz CT molecular complexity index is 638. The van der Waals surface area contributed by atoms with E-state index in [4.69, 9.17) is 37.9 Å². The van der Waals surface area contributed by atoms with Gasteiger partial charge in [-0.25, -0.2) is 4.79 Å². The monoisotopic (exact) mass is 500 g/mol. The third kappa shape index (κ3) is 15.1. The molecule has 0 amide bonds. The number of ether oxygens (including phenoxy) is 8. The maximum Gasteiger partial charge on any atom is 0.513 e. The van der Waals surface area contributed by atoms with Gasteiger partial charge in [0.1, 0.15) is 12.4 Å². The SMILES string of the molecule is COCCOCCOCCOCCOCCOCCOC(=O)Oc1c(C(C)C)cccc1C(C)C. The van der Waals surface area contributed by atoms with E-state index in [9.17, 15) is 4.79 Å². The fourth-order valence-electron chi connectivity index (χ4n) is 3.02. The van der Waals surface area contributed by atoms with E-state index in [1.807, 2.05) is 18.2 Å². The second-order valence-electron chi connectivity index (χ2n) is 8.33. The molecular weight excluding hydrogens is 456 g/mol. The molecule has 0 aliphatic heterocycles. The summed E-state index contributed by atoms with van der Waals surface area (Å²) in [5.74, 6) is 1.06. The second kappa shape index (κ2) is 20.4. The smallest absolute Gasteiger partial charge is 0.432 e. The zero-order valence-electron chi connectivity index (χ0n) is 22.0. The Morgan fingerprint density at radius 2 is 1.00 bits per heavy atom. The third-order valence-electron chi connectivity index (χ3n) is 4.87. The van der Waals surface area contributed by atoms with Gasteiger partial charge in [-0.15, -0.1) is 0 Å². The van der Waals surface area contributed by atoms with E-state index in [0.717, 1.165) is 11.1 Å². The van der Waals surface area contributed by atoms with Gasteiger partial charge < -0.3 is 37.9 Å². The summed E-state index contributed by atoms with van der Waals surface area (Å²) in [6.07, 6.45) is -0.723. The maximum absolute atomic E-state index is 12.2. The van der Waals surface area contributed by atoms with Crippen molar-refractivity contribution in [3.05, 3.63) is 29.3 Å². The van der Waals surface area contributed by atoms with Gasteiger partial charge in [-0.2, -0.15) is 0 Å². The summed E-state index contributed by atoms with van der Waals surface area (Å²) < 4.78 is 42.6. The first-order valence-corrected chi connectivity index (χ1v) is 12.3. The summed E-state index contributed by atoms with van der Waals surface area (Å²) in [7, 11) is 1.64. The number of hydrogen-bond acceptors (Lipinski definition) is 9. The van der Waals surface area contributed by atoms with Crippen LogP contribution in [0.4, 0.5) is 4.79 Å². The van der Waals surface area contributed by atoms with Gasteiger partial charge in [-0.3, -0.25) is 0 Å². The molecule has 35 heavy (non-hydrogen) atoms. The molecule has 0 aliphatic carbocycles. The van der Waals surface area contributed by atoms with Crippen molar-refractivity contribution in [1.82, 2.24) is 0 Å². The summed E-state index contributed by atoms with van der Waals surface area (Å²) in [5.41, 5.74) is 1.97. The lowest BCUT2D eigenvalue weighted by Crippen LogP contribution is -2.18. The number of rotatable bonds is 21. The van der Waals surface area contributed by atoms with Gasteiger partial charge in [0.2, 0.25) is 0 Å². The Balaban J connectivity index is 2.00. The largest absolute Gasteiger partial charge is 0.513 e. The summed E-state index contributed by atoms with van der Waals surface area (Å²) in [4.78, 5) is 12.2. The summed E-state index contributed by atoms with van der Waals surface area (Å²) in [5, 5.41) is 0. The minimum atomic E-state index is -0.723. The first-order valence-electron chi connectivity index (χ1n) is 12.3. The van der Waals surface area contributed by atoms with Crippen LogP contribution in [0.5, 0.6) is 5.75 Å². The molecule has 1 rings (SSSR count). The first kappa shape index (κ1) is 31.3. The molecule has 0 heterocycles. The quantitative estimate of drug-likeness (QED) is 0.140. The van der Waals surface area contributed by atoms with Crippen LogP contribution in [0.2, 0.25) is 0 Å². The van der Waals surface area contributed by atoms with Crippen LogP contribution in [0.15, 0.2) is 18.2 Å². The van der Waals surface area contributed by atoms with E-state index in [2.05, 4.69) is 27.7 Å². The van der Waals surface area contributed by atoms with E-state index < -0.39 is 6.16 Å². The molecule has 0 saturated heterocycles. The van der Waals surface area contributed by atoms with Crippen LogP contribution >= 0.6 is 0 Å². The Kier molecular flexibility index (Phi) is 18.3. The van der Waals surface area contributed by atoms with Crippen molar-refractivity contribution in [2.24, 2.45) is 0 Å². The number of methoxy groups -OCH3 is 1. The number of para-hydroxylation sites is 1. The van der Waals surface area contributed by atoms with Crippen LogP contribution in [0, 0.1) is 0 Å². The van der Waals surface area contributed by atoms with Crippen molar-refractivity contribution in [3.8, 4) is 5.75 Å². The van der Waals surface area contributed by atoms with Crippen LogP contribution in [0.3, 0.4) is 0 Å². The topological polar surface area (TPSA) is 90.9 Å². The van der Waals surface area contributed by atoms with Gasteiger partial charge in [0.15, 0.2) is 0 Å². The third-order valence-corrected chi connectivity index (χ3v) is 4.87. The number of benzene rings is 1.